The normalized spacial score (nSPS) is 21.8. The third kappa shape index (κ3) is 3.36. The molecular formula is C16H23N. The van der Waals surface area contributed by atoms with E-state index in [0.717, 1.165) is 6.42 Å². The lowest BCUT2D eigenvalue weighted by Gasteiger charge is -2.39. The molecule has 1 nitrogen and oxygen atoms in total. The minimum atomic E-state index is 0.291. The van der Waals surface area contributed by atoms with Crippen LogP contribution >= 0.6 is 0 Å². The van der Waals surface area contributed by atoms with Gasteiger partial charge in [0.25, 0.3) is 0 Å². The molecule has 17 heavy (non-hydrogen) atoms. The molecular weight excluding hydrogens is 206 g/mol. The molecule has 1 heteroatoms. The van der Waals surface area contributed by atoms with Gasteiger partial charge >= 0.3 is 0 Å². The molecule has 0 aliphatic heterocycles. The number of anilines is 1. The van der Waals surface area contributed by atoms with E-state index in [2.05, 4.69) is 63.4 Å². The molecule has 0 aromatic heterocycles. The second kappa shape index (κ2) is 4.21. The molecule has 1 N–H and O–H groups in total. The average molecular weight is 229 g/mol. The van der Waals surface area contributed by atoms with Crippen molar-refractivity contribution >= 4 is 5.69 Å². The molecule has 1 aromatic carbocycles. The molecule has 0 heterocycles. The summed E-state index contributed by atoms with van der Waals surface area (Å²) in [7, 11) is 0. The van der Waals surface area contributed by atoms with Gasteiger partial charge in [0.05, 0.1) is 0 Å². The first-order valence-corrected chi connectivity index (χ1v) is 6.40. The molecule has 1 aliphatic carbocycles. The number of nitrogens with one attached hydrogen (secondary N) is 1. The SMILES string of the molecule is CC1(C)C=C(Nc2ccccc2)CC(C)(C)C1. The van der Waals surface area contributed by atoms with Crippen LogP contribution in [0.4, 0.5) is 5.69 Å². The van der Waals surface area contributed by atoms with Gasteiger partial charge in [-0.1, -0.05) is 52.0 Å². The van der Waals surface area contributed by atoms with Crippen LogP contribution in [-0.2, 0) is 0 Å². The first-order chi connectivity index (χ1) is 7.86. The zero-order valence-corrected chi connectivity index (χ0v) is 11.4. The van der Waals surface area contributed by atoms with Crippen LogP contribution in [-0.4, -0.2) is 0 Å². The molecule has 0 bridgehead atoms. The Morgan fingerprint density at radius 3 is 2.24 bits per heavy atom. The van der Waals surface area contributed by atoms with Crippen molar-refractivity contribution < 1.29 is 0 Å². The monoisotopic (exact) mass is 229 g/mol. The van der Waals surface area contributed by atoms with Crippen LogP contribution < -0.4 is 5.32 Å². The summed E-state index contributed by atoms with van der Waals surface area (Å²) in [5.41, 5.74) is 3.22. The molecule has 0 spiro atoms. The van der Waals surface area contributed by atoms with Crippen LogP contribution in [0.3, 0.4) is 0 Å². The highest BCUT2D eigenvalue weighted by Gasteiger charge is 2.33. The zero-order valence-electron chi connectivity index (χ0n) is 11.4. The van der Waals surface area contributed by atoms with Gasteiger partial charge in [0.15, 0.2) is 0 Å². The topological polar surface area (TPSA) is 12.0 Å². The fourth-order valence-corrected chi connectivity index (χ4v) is 3.17. The number of benzene rings is 1. The Morgan fingerprint density at radius 2 is 1.65 bits per heavy atom. The summed E-state index contributed by atoms with van der Waals surface area (Å²) < 4.78 is 0. The quantitative estimate of drug-likeness (QED) is 0.766. The van der Waals surface area contributed by atoms with Gasteiger partial charge in [0.2, 0.25) is 0 Å². The van der Waals surface area contributed by atoms with Gasteiger partial charge in [-0.3, -0.25) is 0 Å². The van der Waals surface area contributed by atoms with Crippen molar-refractivity contribution in [3.05, 3.63) is 42.1 Å². The largest absolute Gasteiger partial charge is 0.359 e. The Bertz CT molecular complexity index is 412. The Kier molecular flexibility index (Phi) is 3.03. The van der Waals surface area contributed by atoms with E-state index in [0.29, 0.717) is 10.8 Å². The highest BCUT2D eigenvalue weighted by molar-refractivity contribution is 5.48. The van der Waals surface area contributed by atoms with E-state index in [1.807, 2.05) is 6.07 Å². The third-order valence-electron chi connectivity index (χ3n) is 3.25. The van der Waals surface area contributed by atoms with Gasteiger partial charge in [-0.05, 0) is 35.8 Å². The van der Waals surface area contributed by atoms with Crippen molar-refractivity contribution in [2.75, 3.05) is 5.32 Å². The predicted molar refractivity (Wildman–Crippen MR) is 74.9 cm³/mol. The Hall–Kier alpha value is -1.24. The van der Waals surface area contributed by atoms with Crippen molar-refractivity contribution in [2.24, 2.45) is 10.8 Å². The lowest BCUT2D eigenvalue weighted by atomic mass is 9.68. The van der Waals surface area contributed by atoms with E-state index in [9.17, 15) is 0 Å². The van der Waals surface area contributed by atoms with Crippen molar-refractivity contribution in [2.45, 2.75) is 40.5 Å². The summed E-state index contributed by atoms with van der Waals surface area (Å²) in [6, 6.07) is 10.4. The highest BCUT2D eigenvalue weighted by atomic mass is 14.9. The van der Waals surface area contributed by atoms with E-state index < -0.39 is 0 Å². The van der Waals surface area contributed by atoms with Gasteiger partial charge in [-0.15, -0.1) is 0 Å². The summed E-state index contributed by atoms with van der Waals surface area (Å²) in [4.78, 5) is 0. The van der Waals surface area contributed by atoms with Gasteiger partial charge in [-0.2, -0.15) is 0 Å². The molecule has 0 saturated heterocycles. The van der Waals surface area contributed by atoms with Gasteiger partial charge in [-0.25, -0.2) is 0 Å². The molecule has 0 atom stereocenters. The Morgan fingerprint density at radius 1 is 1.00 bits per heavy atom. The Labute approximate surface area is 105 Å². The van der Waals surface area contributed by atoms with Crippen LogP contribution in [0, 0.1) is 10.8 Å². The van der Waals surface area contributed by atoms with E-state index in [4.69, 9.17) is 0 Å². The van der Waals surface area contributed by atoms with Crippen LogP contribution in [0.1, 0.15) is 40.5 Å². The molecule has 92 valence electrons. The number of hydrogen-bond donors (Lipinski definition) is 1. The van der Waals surface area contributed by atoms with Crippen molar-refractivity contribution in [1.29, 1.82) is 0 Å². The standard InChI is InChI=1S/C16H23N/c1-15(2)10-14(11-16(3,4)12-15)17-13-8-6-5-7-9-13/h5-10,17H,11-12H2,1-4H3. The van der Waals surface area contributed by atoms with Crippen LogP contribution in [0.2, 0.25) is 0 Å². The molecule has 2 rings (SSSR count). The minimum Gasteiger partial charge on any atom is -0.359 e. The van der Waals surface area contributed by atoms with Crippen molar-refractivity contribution in [3.8, 4) is 0 Å². The molecule has 0 radical (unpaired) electrons. The van der Waals surface area contributed by atoms with Crippen molar-refractivity contribution in [1.82, 2.24) is 0 Å². The highest BCUT2D eigenvalue weighted by Crippen LogP contribution is 2.44. The fourth-order valence-electron chi connectivity index (χ4n) is 3.17. The van der Waals surface area contributed by atoms with Crippen molar-refractivity contribution in [3.63, 3.8) is 0 Å². The molecule has 1 aliphatic rings. The lowest BCUT2D eigenvalue weighted by molar-refractivity contribution is 0.216. The summed E-state index contributed by atoms with van der Waals surface area (Å²) in [6.45, 7) is 9.35. The van der Waals surface area contributed by atoms with Gasteiger partial charge < -0.3 is 5.32 Å². The first kappa shape index (κ1) is 12.2. The second-order valence-electron chi connectivity index (χ2n) is 6.67. The fraction of sp³-hybridized carbons (Fsp3) is 0.500. The van der Waals surface area contributed by atoms with E-state index in [1.54, 1.807) is 0 Å². The van der Waals surface area contributed by atoms with Crippen LogP contribution in [0.5, 0.6) is 0 Å². The summed E-state index contributed by atoms with van der Waals surface area (Å²) in [5, 5.41) is 3.55. The van der Waals surface area contributed by atoms with E-state index >= 15 is 0 Å². The minimum absolute atomic E-state index is 0.291. The lowest BCUT2D eigenvalue weighted by Crippen LogP contribution is -2.29. The smallest absolute Gasteiger partial charge is 0.0381 e. The maximum Gasteiger partial charge on any atom is 0.0381 e. The average Bonchev–Trinajstić information content (AvgIpc) is 2.13. The number of allylic oxidation sites excluding steroid dienone is 2. The maximum absolute atomic E-state index is 3.55. The van der Waals surface area contributed by atoms with E-state index in [1.165, 1.54) is 17.8 Å². The van der Waals surface area contributed by atoms with Gasteiger partial charge in [0, 0.05) is 11.4 Å². The second-order valence-corrected chi connectivity index (χ2v) is 6.67. The third-order valence-corrected chi connectivity index (χ3v) is 3.25. The van der Waals surface area contributed by atoms with E-state index in [-0.39, 0.29) is 0 Å². The predicted octanol–water partition coefficient (Wildman–Crippen LogP) is 4.83. The zero-order chi connectivity index (χ0) is 12.5. The summed E-state index contributed by atoms with van der Waals surface area (Å²) >= 11 is 0. The molecule has 0 fully saturated rings. The molecule has 0 unspecified atom stereocenters. The molecule has 0 saturated carbocycles. The molecule has 0 amide bonds. The van der Waals surface area contributed by atoms with Crippen LogP contribution in [0.15, 0.2) is 42.1 Å². The summed E-state index contributed by atoms with van der Waals surface area (Å²) in [6.07, 6.45) is 4.77. The first-order valence-electron chi connectivity index (χ1n) is 6.40. The number of rotatable bonds is 2. The number of hydrogen-bond acceptors (Lipinski definition) is 1. The Balaban J connectivity index is 2.19. The maximum atomic E-state index is 3.55. The van der Waals surface area contributed by atoms with Gasteiger partial charge in [0.1, 0.15) is 0 Å². The molecule has 1 aromatic rings. The number of para-hydroxylation sites is 1. The summed E-state index contributed by atoms with van der Waals surface area (Å²) in [5.74, 6) is 0. The van der Waals surface area contributed by atoms with Crippen LogP contribution in [0.25, 0.3) is 0 Å².